The molecule has 0 fully saturated rings. The van der Waals surface area contributed by atoms with Crippen LogP contribution in [0.15, 0.2) is 40.9 Å². The molecule has 0 unspecified atom stereocenters. The molecule has 0 saturated carbocycles. The summed E-state index contributed by atoms with van der Waals surface area (Å²) in [5.74, 6) is -2.34. The summed E-state index contributed by atoms with van der Waals surface area (Å²) in [6.07, 6.45) is 0. The first-order chi connectivity index (χ1) is 8.50. The standard InChI is InChI=1S/C14H9BrF2O/c1-8-5-6-9(15)7-10(8)14(18)13-11(16)3-2-4-12(13)17/h2-7H,1H3. The monoisotopic (exact) mass is 310 g/mol. The van der Waals surface area contributed by atoms with Gasteiger partial charge in [0, 0.05) is 10.0 Å². The minimum absolute atomic E-state index is 0.286. The molecule has 18 heavy (non-hydrogen) atoms. The first kappa shape index (κ1) is 12.9. The average molecular weight is 311 g/mol. The quantitative estimate of drug-likeness (QED) is 0.757. The molecule has 0 atom stereocenters. The van der Waals surface area contributed by atoms with Crippen molar-refractivity contribution < 1.29 is 13.6 Å². The highest BCUT2D eigenvalue weighted by Gasteiger charge is 2.20. The predicted octanol–water partition coefficient (Wildman–Crippen LogP) is 4.27. The largest absolute Gasteiger partial charge is 0.288 e. The van der Waals surface area contributed by atoms with Gasteiger partial charge in [-0.05, 0) is 36.8 Å². The van der Waals surface area contributed by atoms with Gasteiger partial charge in [-0.25, -0.2) is 8.78 Å². The maximum atomic E-state index is 13.5. The van der Waals surface area contributed by atoms with Gasteiger partial charge in [0.15, 0.2) is 5.78 Å². The molecular formula is C14H9BrF2O. The van der Waals surface area contributed by atoms with Gasteiger partial charge in [0.2, 0.25) is 0 Å². The Morgan fingerprint density at radius 1 is 1.11 bits per heavy atom. The Kier molecular flexibility index (Phi) is 3.57. The van der Waals surface area contributed by atoms with Crippen molar-refractivity contribution in [1.82, 2.24) is 0 Å². The second kappa shape index (κ2) is 4.98. The summed E-state index contributed by atoms with van der Waals surface area (Å²) >= 11 is 3.23. The Balaban J connectivity index is 2.58. The lowest BCUT2D eigenvalue weighted by atomic mass is 9.98. The average Bonchev–Trinajstić information content (AvgIpc) is 2.32. The zero-order chi connectivity index (χ0) is 13.3. The summed E-state index contributed by atoms with van der Waals surface area (Å²) < 4.78 is 27.8. The van der Waals surface area contributed by atoms with Crippen LogP contribution >= 0.6 is 15.9 Å². The SMILES string of the molecule is Cc1ccc(Br)cc1C(=O)c1c(F)cccc1F. The number of aryl methyl sites for hydroxylation is 1. The van der Waals surface area contributed by atoms with E-state index in [4.69, 9.17) is 0 Å². The van der Waals surface area contributed by atoms with Gasteiger partial charge in [0.25, 0.3) is 0 Å². The van der Waals surface area contributed by atoms with Gasteiger partial charge in [-0.2, -0.15) is 0 Å². The number of carbonyl (C=O) groups excluding carboxylic acids is 1. The van der Waals surface area contributed by atoms with E-state index in [1.165, 1.54) is 6.07 Å². The van der Waals surface area contributed by atoms with Gasteiger partial charge in [0.1, 0.15) is 11.6 Å². The van der Waals surface area contributed by atoms with Crippen LogP contribution in [0.5, 0.6) is 0 Å². The van der Waals surface area contributed by atoms with Gasteiger partial charge >= 0.3 is 0 Å². The van der Waals surface area contributed by atoms with Crippen LogP contribution in [-0.2, 0) is 0 Å². The van der Waals surface area contributed by atoms with E-state index in [0.717, 1.165) is 12.1 Å². The summed E-state index contributed by atoms with van der Waals surface area (Å²) in [5, 5.41) is 0. The number of rotatable bonds is 2. The number of benzene rings is 2. The molecule has 2 rings (SSSR count). The van der Waals surface area contributed by atoms with E-state index in [1.807, 2.05) is 0 Å². The lowest BCUT2D eigenvalue weighted by Crippen LogP contribution is -2.09. The number of halogens is 3. The Bertz CT molecular complexity index is 603. The molecule has 0 aliphatic heterocycles. The molecule has 0 spiro atoms. The third kappa shape index (κ3) is 2.34. The number of hydrogen-bond donors (Lipinski definition) is 0. The third-order valence-electron chi connectivity index (χ3n) is 2.63. The minimum atomic E-state index is -0.848. The molecule has 1 nitrogen and oxygen atoms in total. The van der Waals surface area contributed by atoms with E-state index in [9.17, 15) is 13.6 Å². The van der Waals surface area contributed by atoms with Crippen LogP contribution in [0.2, 0.25) is 0 Å². The van der Waals surface area contributed by atoms with Crippen LogP contribution in [0.4, 0.5) is 8.78 Å². The fourth-order valence-electron chi connectivity index (χ4n) is 1.69. The summed E-state index contributed by atoms with van der Waals surface area (Å²) in [7, 11) is 0. The predicted molar refractivity (Wildman–Crippen MR) is 68.7 cm³/mol. The summed E-state index contributed by atoms with van der Waals surface area (Å²) in [5.41, 5.74) is 0.443. The summed E-state index contributed by atoms with van der Waals surface area (Å²) in [4.78, 5) is 12.2. The minimum Gasteiger partial charge on any atom is -0.288 e. The molecule has 2 aromatic carbocycles. The Labute approximate surface area is 112 Å². The van der Waals surface area contributed by atoms with E-state index >= 15 is 0 Å². The molecule has 0 aliphatic carbocycles. The highest BCUT2D eigenvalue weighted by molar-refractivity contribution is 9.10. The molecule has 0 aliphatic rings. The first-order valence-electron chi connectivity index (χ1n) is 5.25. The normalized spacial score (nSPS) is 10.4. The van der Waals surface area contributed by atoms with Gasteiger partial charge in [-0.15, -0.1) is 0 Å². The van der Waals surface area contributed by atoms with Crippen LogP contribution in [0.3, 0.4) is 0 Å². The van der Waals surface area contributed by atoms with Crippen molar-refractivity contribution in [3.8, 4) is 0 Å². The Morgan fingerprint density at radius 2 is 1.72 bits per heavy atom. The highest BCUT2D eigenvalue weighted by Crippen LogP contribution is 2.22. The van der Waals surface area contributed by atoms with Crippen molar-refractivity contribution in [3.63, 3.8) is 0 Å². The van der Waals surface area contributed by atoms with Crippen molar-refractivity contribution in [2.24, 2.45) is 0 Å². The van der Waals surface area contributed by atoms with Crippen LogP contribution < -0.4 is 0 Å². The number of hydrogen-bond acceptors (Lipinski definition) is 1. The van der Waals surface area contributed by atoms with Crippen LogP contribution in [-0.4, -0.2) is 5.78 Å². The smallest absolute Gasteiger partial charge is 0.199 e. The lowest BCUT2D eigenvalue weighted by Gasteiger charge is -2.07. The van der Waals surface area contributed by atoms with Crippen molar-refractivity contribution in [2.75, 3.05) is 0 Å². The van der Waals surface area contributed by atoms with Crippen molar-refractivity contribution >= 4 is 21.7 Å². The molecular weight excluding hydrogens is 302 g/mol. The van der Waals surface area contributed by atoms with E-state index in [-0.39, 0.29) is 5.56 Å². The van der Waals surface area contributed by atoms with Crippen LogP contribution in [0.25, 0.3) is 0 Å². The van der Waals surface area contributed by atoms with E-state index in [2.05, 4.69) is 15.9 Å². The van der Waals surface area contributed by atoms with Gasteiger partial charge in [-0.3, -0.25) is 4.79 Å². The third-order valence-corrected chi connectivity index (χ3v) is 3.13. The second-order valence-corrected chi connectivity index (χ2v) is 4.80. The highest BCUT2D eigenvalue weighted by atomic mass is 79.9. The fraction of sp³-hybridized carbons (Fsp3) is 0.0714. The van der Waals surface area contributed by atoms with Crippen LogP contribution in [0, 0.1) is 18.6 Å². The van der Waals surface area contributed by atoms with E-state index < -0.39 is 23.0 Å². The molecule has 0 bridgehead atoms. The molecule has 4 heteroatoms. The summed E-state index contributed by atoms with van der Waals surface area (Å²) in [6.45, 7) is 1.72. The first-order valence-corrected chi connectivity index (χ1v) is 6.05. The molecule has 0 N–H and O–H groups in total. The van der Waals surface area contributed by atoms with Crippen molar-refractivity contribution in [1.29, 1.82) is 0 Å². The number of carbonyl (C=O) groups is 1. The molecule has 2 aromatic rings. The maximum absolute atomic E-state index is 13.5. The molecule has 0 heterocycles. The maximum Gasteiger partial charge on any atom is 0.199 e. The topological polar surface area (TPSA) is 17.1 Å². The van der Waals surface area contributed by atoms with Crippen molar-refractivity contribution in [3.05, 3.63) is 69.2 Å². The molecule has 0 amide bonds. The van der Waals surface area contributed by atoms with E-state index in [1.54, 1.807) is 25.1 Å². The zero-order valence-corrected chi connectivity index (χ0v) is 11.1. The Hall–Kier alpha value is -1.55. The van der Waals surface area contributed by atoms with Crippen molar-refractivity contribution in [2.45, 2.75) is 6.92 Å². The molecule has 0 saturated heterocycles. The molecule has 0 radical (unpaired) electrons. The fourth-order valence-corrected chi connectivity index (χ4v) is 2.05. The zero-order valence-electron chi connectivity index (χ0n) is 9.51. The lowest BCUT2D eigenvalue weighted by molar-refractivity contribution is 0.103. The second-order valence-electron chi connectivity index (χ2n) is 3.89. The number of ketones is 1. The van der Waals surface area contributed by atoms with Gasteiger partial charge in [-0.1, -0.05) is 28.1 Å². The van der Waals surface area contributed by atoms with Gasteiger partial charge in [0.05, 0.1) is 5.56 Å². The van der Waals surface area contributed by atoms with E-state index in [0.29, 0.717) is 10.0 Å². The Morgan fingerprint density at radius 3 is 2.33 bits per heavy atom. The van der Waals surface area contributed by atoms with Crippen LogP contribution in [0.1, 0.15) is 21.5 Å². The molecule has 92 valence electrons. The summed E-state index contributed by atoms with van der Waals surface area (Å²) in [6, 6.07) is 8.42. The van der Waals surface area contributed by atoms with Gasteiger partial charge < -0.3 is 0 Å². The molecule has 0 aromatic heterocycles.